The maximum atomic E-state index is 11.1. The zero-order chi connectivity index (χ0) is 12.1. The van der Waals surface area contributed by atoms with E-state index >= 15 is 0 Å². The van der Waals surface area contributed by atoms with E-state index in [1.807, 2.05) is 12.3 Å². The van der Waals surface area contributed by atoms with Gasteiger partial charge in [-0.25, -0.2) is 10.6 Å². The molecule has 16 heavy (non-hydrogen) atoms. The molecule has 6 nitrogen and oxygen atoms in total. The molecule has 0 aliphatic heterocycles. The highest BCUT2D eigenvalue weighted by Gasteiger charge is 2.09. The Morgan fingerprint density at radius 1 is 1.25 bits per heavy atom. The molecule has 0 aromatic heterocycles. The minimum absolute atomic E-state index is 0.490. The Labute approximate surface area is 93.7 Å². The maximum Gasteiger partial charge on any atom is 0.333 e. The molecule has 0 saturated heterocycles. The molecule has 0 atom stereocenters. The molecule has 0 radical (unpaired) electrons. The number of rotatable bonds is 3. The van der Waals surface area contributed by atoms with Gasteiger partial charge in [-0.2, -0.15) is 0 Å². The van der Waals surface area contributed by atoms with Crippen molar-refractivity contribution in [3.63, 3.8) is 0 Å². The summed E-state index contributed by atoms with van der Waals surface area (Å²) in [5.41, 5.74) is 3.44. The number of ether oxygens (including phenoxy) is 2. The summed E-state index contributed by atoms with van der Waals surface area (Å²) >= 11 is 0. The second-order valence-corrected chi connectivity index (χ2v) is 3.12. The van der Waals surface area contributed by atoms with E-state index < -0.39 is 6.03 Å². The predicted octanol–water partition coefficient (Wildman–Crippen LogP) is 1.01. The molecule has 1 aromatic rings. The highest BCUT2D eigenvalue weighted by Crippen LogP contribution is 2.32. The van der Waals surface area contributed by atoms with Crippen molar-refractivity contribution < 1.29 is 14.3 Å². The van der Waals surface area contributed by atoms with Gasteiger partial charge in [0.15, 0.2) is 11.5 Å². The number of urea groups is 1. The van der Waals surface area contributed by atoms with E-state index in [9.17, 15) is 4.79 Å². The average Bonchev–Trinajstić information content (AvgIpc) is 2.30. The first-order valence-corrected chi connectivity index (χ1v) is 4.62. The van der Waals surface area contributed by atoms with Gasteiger partial charge in [0, 0.05) is 11.8 Å². The lowest BCUT2D eigenvalue weighted by Gasteiger charge is -2.13. The highest BCUT2D eigenvalue weighted by atomic mass is 16.5. The summed E-state index contributed by atoms with van der Waals surface area (Å²) in [4.78, 5) is 11.1. The Hall–Kier alpha value is -1.95. The molecule has 0 heterocycles. The molecule has 0 fully saturated rings. The van der Waals surface area contributed by atoms with Crippen molar-refractivity contribution in [1.29, 1.82) is 0 Å². The van der Waals surface area contributed by atoms with Gasteiger partial charge in [0.25, 0.3) is 0 Å². The number of nitrogens with one attached hydrogen (secondary N) is 2. The van der Waals surface area contributed by atoms with Crippen LogP contribution in [0.4, 0.5) is 10.5 Å². The van der Waals surface area contributed by atoms with Gasteiger partial charge in [-0.1, -0.05) is 0 Å². The van der Waals surface area contributed by atoms with Crippen LogP contribution < -0.4 is 26.1 Å². The lowest BCUT2D eigenvalue weighted by atomic mass is 10.1. The molecule has 4 N–H and O–H groups in total. The molecule has 0 unspecified atom stereocenters. The predicted molar refractivity (Wildman–Crippen MR) is 60.6 cm³/mol. The van der Waals surface area contributed by atoms with Crippen LogP contribution in [0.1, 0.15) is 5.56 Å². The second-order valence-electron chi connectivity index (χ2n) is 3.12. The van der Waals surface area contributed by atoms with E-state index in [1.54, 1.807) is 19.2 Å². The van der Waals surface area contributed by atoms with Gasteiger partial charge in [-0.3, -0.25) is 5.43 Å². The number of carbonyl (C=O) groups is 1. The molecule has 88 valence electrons. The van der Waals surface area contributed by atoms with Crippen LogP contribution in [0.15, 0.2) is 12.1 Å². The van der Waals surface area contributed by atoms with Crippen LogP contribution in [0.3, 0.4) is 0 Å². The van der Waals surface area contributed by atoms with Crippen molar-refractivity contribution in [1.82, 2.24) is 5.43 Å². The molecule has 2 amide bonds. The summed E-state index contributed by atoms with van der Waals surface area (Å²) < 4.78 is 10.2. The molecule has 0 bridgehead atoms. The van der Waals surface area contributed by atoms with Gasteiger partial charge in [-0.05, 0) is 18.6 Å². The topological polar surface area (TPSA) is 85.6 Å². The Kier molecular flexibility index (Phi) is 3.96. The number of amides is 2. The van der Waals surface area contributed by atoms with Gasteiger partial charge >= 0.3 is 6.03 Å². The molecule has 1 rings (SSSR count). The van der Waals surface area contributed by atoms with Gasteiger partial charge in [0.1, 0.15) is 0 Å². The fraction of sp³-hybridized carbons (Fsp3) is 0.300. The summed E-state index contributed by atoms with van der Waals surface area (Å²) in [5, 5.41) is 2.58. The van der Waals surface area contributed by atoms with Gasteiger partial charge in [0.2, 0.25) is 0 Å². The Morgan fingerprint density at radius 2 is 1.81 bits per heavy atom. The summed E-state index contributed by atoms with van der Waals surface area (Å²) in [6.45, 7) is 1.84. The first-order chi connectivity index (χ1) is 7.62. The van der Waals surface area contributed by atoms with Crippen LogP contribution in [0.2, 0.25) is 0 Å². The smallest absolute Gasteiger partial charge is 0.333 e. The van der Waals surface area contributed by atoms with Crippen molar-refractivity contribution in [2.24, 2.45) is 5.84 Å². The summed E-state index contributed by atoms with van der Waals surface area (Å²) in [6, 6.07) is 2.95. The fourth-order valence-electron chi connectivity index (χ4n) is 1.27. The molecule has 6 heteroatoms. The van der Waals surface area contributed by atoms with E-state index in [4.69, 9.17) is 15.3 Å². The molecular formula is C10H15N3O3. The summed E-state index contributed by atoms with van der Waals surface area (Å²) in [5.74, 6) is 6.13. The van der Waals surface area contributed by atoms with E-state index in [0.29, 0.717) is 17.2 Å². The molecule has 0 saturated carbocycles. The molecule has 0 aliphatic carbocycles. The summed E-state index contributed by atoms with van der Waals surface area (Å²) in [7, 11) is 3.08. The quantitative estimate of drug-likeness (QED) is 0.407. The first kappa shape index (κ1) is 12.1. The number of carbonyl (C=O) groups excluding carboxylic acids is 1. The van der Waals surface area contributed by atoms with Crippen LogP contribution in [0.25, 0.3) is 0 Å². The van der Waals surface area contributed by atoms with Crippen molar-refractivity contribution in [3.05, 3.63) is 17.7 Å². The van der Waals surface area contributed by atoms with Gasteiger partial charge in [0.05, 0.1) is 14.2 Å². The number of methoxy groups -OCH3 is 2. The number of anilines is 1. The van der Waals surface area contributed by atoms with Crippen LogP contribution in [0.5, 0.6) is 11.5 Å². The lowest BCUT2D eigenvalue weighted by Crippen LogP contribution is -2.34. The van der Waals surface area contributed by atoms with E-state index in [-0.39, 0.29) is 0 Å². The largest absolute Gasteiger partial charge is 0.493 e. The Morgan fingerprint density at radius 3 is 2.31 bits per heavy atom. The van der Waals surface area contributed by atoms with E-state index in [0.717, 1.165) is 5.56 Å². The first-order valence-electron chi connectivity index (χ1n) is 4.62. The minimum Gasteiger partial charge on any atom is -0.493 e. The number of aryl methyl sites for hydroxylation is 1. The van der Waals surface area contributed by atoms with E-state index in [1.165, 1.54) is 7.11 Å². The van der Waals surface area contributed by atoms with E-state index in [2.05, 4.69) is 5.32 Å². The van der Waals surface area contributed by atoms with Gasteiger partial charge in [-0.15, -0.1) is 0 Å². The number of hydrogen-bond acceptors (Lipinski definition) is 4. The minimum atomic E-state index is -0.490. The van der Waals surface area contributed by atoms with Crippen LogP contribution in [-0.4, -0.2) is 20.3 Å². The monoisotopic (exact) mass is 225 g/mol. The van der Waals surface area contributed by atoms with Crippen molar-refractivity contribution in [3.8, 4) is 11.5 Å². The molecular weight excluding hydrogens is 210 g/mol. The Bertz CT molecular complexity index is 393. The average molecular weight is 225 g/mol. The summed E-state index contributed by atoms with van der Waals surface area (Å²) in [6.07, 6.45) is 0. The number of hydrogen-bond donors (Lipinski definition) is 3. The van der Waals surface area contributed by atoms with Crippen molar-refractivity contribution in [2.75, 3.05) is 19.5 Å². The standard InChI is InChI=1S/C10H15N3O3/c1-6-4-8(15-2)9(16-3)5-7(6)12-10(14)13-11/h4-5H,11H2,1-3H3,(H2,12,13,14). The van der Waals surface area contributed by atoms with Crippen LogP contribution in [-0.2, 0) is 0 Å². The number of hydrazine groups is 1. The normalized spacial score (nSPS) is 9.50. The molecule has 0 aliphatic rings. The SMILES string of the molecule is COc1cc(C)c(NC(=O)NN)cc1OC. The van der Waals surface area contributed by atoms with Crippen LogP contribution in [0, 0.1) is 6.92 Å². The Balaban J connectivity index is 3.06. The fourth-order valence-corrected chi connectivity index (χ4v) is 1.27. The number of nitrogens with two attached hydrogens (primary N) is 1. The highest BCUT2D eigenvalue weighted by molar-refractivity contribution is 5.90. The maximum absolute atomic E-state index is 11.1. The molecule has 1 aromatic carbocycles. The van der Waals surface area contributed by atoms with Crippen LogP contribution >= 0.6 is 0 Å². The third-order valence-electron chi connectivity index (χ3n) is 2.11. The second kappa shape index (κ2) is 5.22. The van der Waals surface area contributed by atoms with Crippen molar-refractivity contribution in [2.45, 2.75) is 6.92 Å². The zero-order valence-electron chi connectivity index (χ0n) is 9.46. The molecule has 0 spiro atoms. The van der Waals surface area contributed by atoms with Gasteiger partial charge < -0.3 is 14.8 Å². The van der Waals surface area contributed by atoms with Crippen molar-refractivity contribution >= 4 is 11.7 Å². The zero-order valence-corrected chi connectivity index (χ0v) is 9.46. The third-order valence-corrected chi connectivity index (χ3v) is 2.11. The third kappa shape index (κ3) is 2.54. The lowest BCUT2D eigenvalue weighted by molar-refractivity contribution is 0.252. The number of benzene rings is 1.